The van der Waals surface area contributed by atoms with Crippen molar-refractivity contribution in [3.63, 3.8) is 0 Å². The normalized spacial score (nSPS) is 27.6. The predicted molar refractivity (Wildman–Crippen MR) is 133 cm³/mol. The minimum atomic E-state index is -3.55. The summed E-state index contributed by atoms with van der Waals surface area (Å²) in [5, 5.41) is 4.52. The molecule has 1 aromatic rings. The molecular formula is C27H37FN2O4S. The average molecular weight is 505 g/mol. The number of benzene rings is 1. The molecule has 192 valence electrons. The van der Waals surface area contributed by atoms with Crippen molar-refractivity contribution in [3.8, 4) is 0 Å². The van der Waals surface area contributed by atoms with Crippen LogP contribution in [0, 0.1) is 35.4 Å². The molecule has 1 aromatic carbocycles. The molecule has 8 heteroatoms. The molecule has 2 aliphatic carbocycles. The summed E-state index contributed by atoms with van der Waals surface area (Å²) in [4.78, 5) is 8.01. The number of oxime groups is 1. The summed E-state index contributed by atoms with van der Waals surface area (Å²) >= 11 is 0. The van der Waals surface area contributed by atoms with Crippen molar-refractivity contribution in [3.05, 3.63) is 41.5 Å². The first-order valence-corrected chi connectivity index (χ1v) is 14.8. The molecule has 2 unspecified atom stereocenters. The van der Waals surface area contributed by atoms with Gasteiger partial charge in [-0.05, 0) is 80.1 Å². The Kier molecular flexibility index (Phi) is 7.22. The smallest absolute Gasteiger partial charge is 0.221 e. The van der Waals surface area contributed by atoms with Crippen LogP contribution in [0.1, 0.15) is 57.9 Å². The van der Waals surface area contributed by atoms with E-state index in [-0.39, 0.29) is 10.6 Å². The van der Waals surface area contributed by atoms with Gasteiger partial charge in [-0.1, -0.05) is 25.1 Å². The minimum absolute atomic E-state index is 0.110. The van der Waals surface area contributed by atoms with Gasteiger partial charge in [0.25, 0.3) is 0 Å². The van der Waals surface area contributed by atoms with E-state index in [2.05, 4.69) is 23.1 Å². The van der Waals surface area contributed by atoms with E-state index in [1.807, 2.05) is 0 Å². The first-order valence-electron chi connectivity index (χ1n) is 13.1. The molecule has 4 aliphatic rings. The van der Waals surface area contributed by atoms with E-state index in [0.29, 0.717) is 48.4 Å². The number of rotatable bonds is 9. The maximum atomic E-state index is 14.2. The van der Waals surface area contributed by atoms with Crippen molar-refractivity contribution in [2.24, 2.45) is 34.7 Å². The Morgan fingerprint density at radius 1 is 1.20 bits per heavy atom. The van der Waals surface area contributed by atoms with Crippen LogP contribution < -0.4 is 0 Å². The molecule has 5 rings (SSSR count). The third kappa shape index (κ3) is 5.74. The van der Waals surface area contributed by atoms with Crippen molar-refractivity contribution >= 4 is 15.5 Å². The van der Waals surface area contributed by atoms with E-state index in [1.54, 1.807) is 6.07 Å². The van der Waals surface area contributed by atoms with E-state index in [1.165, 1.54) is 44.0 Å². The van der Waals surface area contributed by atoms with E-state index < -0.39 is 15.7 Å². The highest BCUT2D eigenvalue weighted by Crippen LogP contribution is 2.48. The summed E-state index contributed by atoms with van der Waals surface area (Å²) in [7, 11) is -3.55. The molecule has 3 fully saturated rings. The molecule has 3 atom stereocenters. The zero-order valence-electron chi connectivity index (χ0n) is 20.8. The largest absolute Gasteiger partial charge is 0.376 e. The summed E-state index contributed by atoms with van der Waals surface area (Å²) in [5.74, 6) is 3.24. The molecule has 2 heterocycles. The summed E-state index contributed by atoms with van der Waals surface area (Å²) in [6.45, 7) is 6.77. The summed E-state index contributed by atoms with van der Waals surface area (Å²) in [6, 6.07) is 4.28. The second kappa shape index (κ2) is 10.2. The lowest BCUT2D eigenvalue weighted by atomic mass is 9.91. The summed E-state index contributed by atoms with van der Waals surface area (Å²) < 4.78 is 44.0. The third-order valence-corrected chi connectivity index (χ3v) is 9.90. The molecule has 6 nitrogen and oxygen atoms in total. The first-order chi connectivity index (χ1) is 16.9. The van der Waals surface area contributed by atoms with Gasteiger partial charge < -0.3 is 14.5 Å². The molecule has 0 spiro atoms. The van der Waals surface area contributed by atoms with Gasteiger partial charge in [-0.25, -0.2) is 12.8 Å². The van der Waals surface area contributed by atoms with Crippen molar-refractivity contribution in [2.75, 3.05) is 25.4 Å². The molecule has 2 aliphatic heterocycles. The molecule has 0 amide bonds. The second-order valence-corrected chi connectivity index (χ2v) is 13.0. The number of ether oxygens (including phenoxy) is 1. The lowest BCUT2D eigenvalue weighted by Crippen LogP contribution is -2.34. The standard InChI is InChI=1S/C27H37FN2O4S/c1-3-35(31,32)25-8-5-19(14-24(25)28)16-33-17-22-15-23(22)20-10-12-30(13-11-20)26-9-4-18(2)27(29-34-26)21-6-7-21/h5,8-9,14,18,20-23H,3-4,6-7,10-13,15-17H2,1-2H3/t18?,22-,23?/m0/s1. The van der Waals surface area contributed by atoms with Crippen LogP contribution in [0.5, 0.6) is 0 Å². The van der Waals surface area contributed by atoms with Crippen molar-refractivity contribution < 1.29 is 22.4 Å². The zero-order chi connectivity index (χ0) is 24.6. The Balaban J connectivity index is 1.04. The van der Waals surface area contributed by atoms with E-state index in [0.717, 1.165) is 38.2 Å². The molecule has 2 saturated carbocycles. The monoisotopic (exact) mass is 504 g/mol. The highest BCUT2D eigenvalue weighted by molar-refractivity contribution is 7.91. The number of nitrogens with zero attached hydrogens (tertiary/aromatic N) is 2. The molecule has 1 saturated heterocycles. The summed E-state index contributed by atoms with van der Waals surface area (Å²) in [6.07, 6.45) is 9.26. The van der Waals surface area contributed by atoms with Crippen LogP contribution in [0.4, 0.5) is 4.39 Å². The van der Waals surface area contributed by atoms with Crippen LogP contribution in [0.25, 0.3) is 0 Å². The van der Waals surface area contributed by atoms with Crippen molar-refractivity contribution in [2.45, 2.75) is 63.9 Å². The Labute approximate surface area is 208 Å². The molecular weight excluding hydrogens is 467 g/mol. The van der Waals surface area contributed by atoms with Crippen molar-refractivity contribution in [1.29, 1.82) is 0 Å². The van der Waals surface area contributed by atoms with Crippen LogP contribution in [0.3, 0.4) is 0 Å². The number of halogens is 1. The average Bonchev–Trinajstić information content (AvgIpc) is 3.75. The maximum Gasteiger partial charge on any atom is 0.221 e. The van der Waals surface area contributed by atoms with Gasteiger partial charge in [-0.2, -0.15) is 0 Å². The minimum Gasteiger partial charge on any atom is -0.376 e. The predicted octanol–water partition coefficient (Wildman–Crippen LogP) is 5.15. The molecule has 0 aromatic heterocycles. The van der Waals surface area contributed by atoms with Crippen LogP contribution in [-0.2, 0) is 26.0 Å². The van der Waals surface area contributed by atoms with E-state index in [9.17, 15) is 12.8 Å². The number of sulfone groups is 1. The van der Waals surface area contributed by atoms with Gasteiger partial charge in [0.1, 0.15) is 10.7 Å². The number of likely N-dealkylation sites (tertiary alicyclic amines) is 1. The highest BCUT2D eigenvalue weighted by atomic mass is 32.2. The highest BCUT2D eigenvalue weighted by Gasteiger charge is 2.44. The lowest BCUT2D eigenvalue weighted by Gasteiger charge is -2.33. The van der Waals surface area contributed by atoms with Gasteiger partial charge in [0.05, 0.1) is 24.7 Å². The van der Waals surface area contributed by atoms with E-state index >= 15 is 0 Å². The number of hydrogen-bond donors (Lipinski definition) is 0. The van der Waals surface area contributed by atoms with E-state index in [4.69, 9.17) is 9.57 Å². The van der Waals surface area contributed by atoms with Gasteiger partial charge in [0, 0.05) is 24.9 Å². The van der Waals surface area contributed by atoms with Gasteiger partial charge in [-0.3, -0.25) is 0 Å². The van der Waals surface area contributed by atoms with Crippen LogP contribution in [-0.4, -0.2) is 44.5 Å². The maximum absolute atomic E-state index is 14.2. The SMILES string of the molecule is CCS(=O)(=O)c1ccc(COC[C@@H]2CC2C2CCN(C3=CCC(C)C(C4CC4)=NO3)CC2)cc1F. The second-order valence-electron chi connectivity index (χ2n) is 10.7. The lowest BCUT2D eigenvalue weighted by molar-refractivity contribution is 0.0795. The fraction of sp³-hybridized carbons (Fsp3) is 0.667. The van der Waals surface area contributed by atoms with Gasteiger partial charge >= 0.3 is 0 Å². The summed E-state index contributed by atoms with van der Waals surface area (Å²) in [5.41, 5.74) is 1.91. The van der Waals surface area contributed by atoms with Crippen molar-refractivity contribution in [1.82, 2.24) is 4.90 Å². The molecule has 0 bridgehead atoms. The van der Waals surface area contributed by atoms with Crippen LogP contribution >= 0.6 is 0 Å². The molecule has 35 heavy (non-hydrogen) atoms. The Hall–Kier alpha value is -1.93. The van der Waals surface area contributed by atoms with Crippen LogP contribution in [0.2, 0.25) is 0 Å². The Bertz CT molecular complexity index is 1090. The zero-order valence-corrected chi connectivity index (χ0v) is 21.6. The quantitative estimate of drug-likeness (QED) is 0.465. The number of piperidine rings is 1. The topological polar surface area (TPSA) is 68.2 Å². The Morgan fingerprint density at radius 2 is 1.97 bits per heavy atom. The Morgan fingerprint density at radius 3 is 2.66 bits per heavy atom. The van der Waals surface area contributed by atoms with Gasteiger partial charge in [0.15, 0.2) is 9.84 Å². The molecule has 0 radical (unpaired) electrons. The van der Waals surface area contributed by atoms with Gasteiger partial charge in [0.2, 0.25) is 5.88 Å². The fourth-order valence-corrected chi connectivity index (χ4v) is 6.57. The fourth-order valence-electron chi connectivity index (χ4n) is 5.63. The van der Waals surface area contributed by atoms with Crippen LogP contribution in [0.15, 0.2) is 40.2 Å². The van der Waals surface area contributed by atoms with Gasteiger partial charge in [-0.15, -0.1) is 0 Å². The first kappa shape index (κ1) is 24.8. The third-order valence-electron chi connectivity index (χ3n) is 8.14. The molecule has 0 N–H and O–H groups in total. The number of allylic oxidation sites excluding steroid dienone is 1. The number of hydrogen-bond acceptors (Lipinski definition) is 6.